The van der Waals surface area contributed by atoms with E-state index in [1.807, 2.05) is 60.7 Å². The molecule has 0 saturated carbocycles. The summed E-state index contributed by atoms with van der Waals surface area (Å²) in [4.78, 5) is 15.0. The summed E-state index contributed by atoms with van der Waals surface area (Å²) in [5.74, 6) is 0.662. The summed E-state index contributed by atoms with van der Waals surface area (Å²) in [5.41, 5.74) is 4.03. The largest absolute Gasteiger partial charge is 0.489 e. The van der Waals surface area contributed by atoms with Crippen LogP contribution in [0.25, 0.3) is 6.08 Å². The number of carbonyl (C=O) groups excluding carboxylic acids is 1. The number of hydrogen-bond donors (Lipinski definition) is 0. The Morgan fingerprint density at radius 2 is 1.76 bits per heavy atom. The van der Waals surface area contributed by atoms with Crippen molar-refractivity contribution in [2.24, 2.45) is 0 Å². The molecule has 0 unspecified atom stereocenters. The van der Waals surface area contributed by atoms with E-state index in [1.165, 1.54) is 17.3 Å². The van der Waals surface area contributed by atoms with Gasteiger partial charge < -0.3 is 4.74 Å². The van der Waals surface area contributed by atoms with Crippen molar-refractivity contribution in [2.45, 2.75) is 13.5 Å². The van der Waals surface area contributed by atoms with Crippen molar-refractivity contribution in [2.75, 3.05) is 4.90 Å². The van der Waals surface area contributed by atoms with Gasteiger partial charge in [-0.05, 0) is 48.4 Å². The van der Waals surface area contributed by atoms with E-state index >= 15 is 0 Å². The van der Waals surface area contributed by atoms with Gasteiger partial charge in [-0.3, -0.25) is 9.69 Å². The summed E-state index contributed by atoms with van der Waals surface area (Å²) in [5, 5.41) is 0. The molecular formula is C24H19NO2S2. The highest BCUT2D eigenvalue weighted by Gasteiger charge is 2.33. The number of para-hydroxylation sites is 1. The van der Waals surface area contributed by atoms with Gasteiger partial charge in [-0.15, -0.1) is 0 Å². The molecule has 1 saturated heterocycles. The molecule has 3 aromatic rings. The van der Waals surface area contributed by atoms with Gasteiger partial charge in [0, 0.05) is 0 Å². The fraction of sp³-hybridized carbons (Fsp3) is 0.0833. The monoisotopic (exact) mass is 417 g/mol. The highest BCUT2D eigenvalue weighted by molar-refractivity contribution is 8.27. The summed E-state index contributed by atoms with van der Waals surface area (Å²) in [6.45, 7) is 2.56. The van der Waals surface area contributed by atoms with Gasteiger partial charge in [-0.25, -0.2) is 0 Å². The van der Waals surface area contributed by atoms with Crippen molar-refractivity contribution in [3.05, 3.63) is 100 Å². The van der Waals surface area contributed by atoms with Crippen molar-refractivity contribution in [3.8, 4) is 5.75 Å². The third-order valence-corrected chi connectivity index (χ3v) is 5.79. The van der Waals surface area contributed by atoms with Crippen molar-refractivity contribution >= 4 is 46.0 Å². The second kappa shape index (κ2) is 8.64. The first kappa shape index (κ1) is 19.4. The molecule has 144 valence electrons. The van der Waals surface area contributed by atoms with E-state index in [1.54, 1.807) is 4.90 Å². The van der Waals surface area contributed by atoms with Crippen LogP contribution < -0.4 is 9.64 Å². The summed E-state index contributed by atoms with van der Waals surface area (Å²) < 4.78 is 6.46. The molecule has 1 fully saturated rings. The molecule has 4 rings (SSSR count). The Morgan fingerprint density at radius 3 is 2.52 bits per heavy atom. The van der Waals surface area contributed by atoms with Gasteiger partial charge in [0.15, 0.2) is 4.32 Å². The molecule has 1 aliphatic heterocycles. The lowest BCUT2D eigenvalue weighted by molar-refractivity contribution is -0.113. The van der Waals surface area contributed by atoms with E-state index in [2.05, 4.69) is 31.2 Å². The fourth-order valence-electron chi connectivity index (χ4n) is 2.96. The second-order valence-electron chi connectivity index (χ2n) is 6.70. The molecule has 0 aliphatic carbocycles. The molecule has 1 amide bonds. The van der Waals surface area contributed by atoms with E-state index in [-0.39, 0.29) is 5.91 Å². The van der Waals surface area contributed by atoms with Crippen LogP contribution in [0.1, 0.15) is 16.7 Å². The van der Waals surface area contributed by atoms with Crippen LogP contribution in [0.4, 0.5) is 5.69 Å². The third-order valence-electron chi connectivity index (χ3n) is 4.49. The highest BCUT2D eigenvalue weighted by Crippen LogP contribution is 2.36. The molecule has 0 bridgehead atoms. The minimum atomic E-state index is -0.0998. The van der Waals surface area contributed by atoms with E-state index in [0.717, 1.165) is 22.6 Å². The van der Waals surface area contributed by atoms with Crippen LogP contribution in [0.5, 0.6) is 5.75 Å². The number of amides is 1. The number of hydrogen-bond acceptors (Lipinski definition) is 4. The maximum atomic E-state index is 12.9. The number of thiocarbonyl (C=S) groups is 1. The quantitative estimate of drug-likeness (QED) is 0.377. The number of ether oxygens (including phenoxy) is 1. The summed E-state index contributed by atoms with van der Waals surface area (Å²) in [6, 6.07) is 25.5. The molecule has 1 heterocycles. The summed E-state index contributed by atoms with van der Waals surface area (Å²) >= 11 is 6.74. The molecule has 5 heteroatoms. The summed E-state index contributed by atoms with van der Waals surface area (Å²) in [6.07, 6.45) is 1.86. The maximum Gasteiger partial charge on any atom is 0.270 e. The Balaban J connectivity index is 1.50. The lowest BCUT2D eigenvalue weighted by atomic mass is 10.1. The smallest absolute Gasteiger partial charge is 0.270 e. The standard InChI is InChI=1S/C24H19NO2S2/c1-17-10-12-18(13-11-17)16-27-21-9-5-6-19(14-21)15-22-23(26)25(24(28)29-22)20-7-3-2-4-8-20/h2-15H,16H2,1H3. The minimum Gasteiger partial charge on any atom is -0.489 e. The van der Waals surface area contributed by atoms with Crippen molar-refractivity contribution < 1.29 is 9.53 Å². The molecular weight excluding hydrogens is 398 g/mol. The third kappa shape index (κ3) is 4.58. The van der Waals surface area contributed by atoms with Crippen LogP contribution in [0.15, 0.2) is 83.8 Å². The Morgan fingerprint density at radius 1 is 1.00 bits per heavy atom. The Bertz CT molecular complexity index is 1080. The zero-order valence-electron chi connectivity index (χ0n) is 15.9. The normalized spacial score (nSPS) is 15.2. The zero-order chi connectivity index (χ0) is 20.2. The number of nitrogens with zero attached hydrogens (tertiary/aromatic N) is 1. The predicted octanol–water partition coefficient (Wildman–Crippen LogP) is 5.98. The first-order valence-electron chi connectivity index (χ1n) is 9.21. The van der Waals surface area contributed by atoms with Gasteiger partial charge in [0.05, 0.1) is 10.6 Å². The lowest BCUT2D eigenvalue weighted by Crippen LogP contribution is -2.27. The van der Waals surface area contributed by atoms with Crippen LogP contribution >= 0.6 is 24.0 Å². The first-order chi connectivity index (χ1) is 14.1. The Kier molecular flexibility index (Phi) is 5.79. The molecule has 3 aromatic carbocycles. The number of anilines is 1. The average molecular weight is 418 g/mol. The first-order valence-corrected chi connectivity index (χ1v) is 10.4. The molecule has 29 heavy (non-hydrogen) atoms. The lowest BCUT2D eigenvalue weighted by Gasteiger charge is -2.13. The molecule has 0 atom stereocenters. The highest BCUT2D eigenvalue weighted by atomic mass is 32.2. The molecule has 1 aliphatic rings. The number of aryl methyl sites for hydroxylation is 1. The van der Waals surface area contributed by atoms with Gasteiger partial charge in [-0.2, -0.15) is 0 Å². The van der Waals surface area contributed by atoms with Gasteiger partial charge in [0.1, 0.15) is 12.4 Å². The van der Waals surface area contributed by atoms with E-state index in [0.29, 0.717) is 15.8 Å². The average Bonchev–Trinajstić information content (AvgIpc) is 3.01. The van der Waals surface area contributed by atoms with Gasteiger partial charge in [-0.1, -0.05) is 84.1 Å². The van der Waals surface area contributed by atoms with Gasteiger partial charge >= 0.3 is 0 Å². The van der Waals surface area contributed by atoms with E-state index < -0.39 is 0 Å². The number of rotatable bonds is 5. The maximum absolute atomic E-state index is 12.9. The SMILES string of the molecule is Cc1ccc(COc2cccc(C=C3SC(=S)N(c4ccccc4)C3=O)c2)cc1. The van der Waals surface area contributed by atoms with Gasteiger partial charge in [0.25, 0.3) is 5.91 Å². The van der Waals surface area contributed by atoms with Crippen LogP contribution in [-0.4, -0.2) is 10.2 Å². The van der Waals surface area contributed by atoms with E-state index in [4.69, 9.17) is 17.0 Å². The zero-order valence-corrected chi connectivity index (χ0v) is 17.5. The van der Waals surface area contributed by atoms with Crippen LogP contribution in [0.3, 0.4) is 0 Å². The predicted molar refractivity (Wildman–Crippen MR) is 124 cm³/mol. The molecule has 0 spiro atoms. The van der Waals surface area contributed by atoms with Crippen LogP contribution in [-0.2, 0) is 11.4 Å². The minimum absolute atomic E-state index is 0.0998. The van der Waals surface area contributed by atoms with E-state index in [9.17, 15) is 4.79 Å². The topological polar surface area (TPSA) is 29.5 Å². The van der Waals surface area contributed by atoms with Crippen LogP contribution in [0.2, 0.25) is 0 Å². The van der Waals surface area contributed by atoms with Crippen molar-refractivity contribution in [3.63, 3.8) is 0 Å². The molecule has 3 nitrogen and oxygen atoms in total. The number of benzene rings is 3. The number of thioether (sulfide) groups is 1. The fourth-order valence-corrected chi connectivity index (χ4v) is 4.26. The van der Waals surface area contributed by atoms with Crippen LogP contribution in [0, 0.1) is 6.92 Å². The van der Waals surface area contributed by atoms with Gasteiger partial charge in [0.2, 0.25) is 0 Å². The Labute approximate surface area is 180 Å². The summed E-state index contributed by atoms with van der Waals surface area (Å²) in [7, 11) is 0. The second-order valence-corrected chi connectivity index (χ2v) is 8.38. The van der Waals surface area contributed by atoms with Crippen molar-refractivity contribution in [1.29, 1.82) is 0 Å². The molecule has 0 radical (unpaired) electrons. The number of carbonyl (C=O) groups is 1. The Hall–Kier alpha value is -2.89. The molecule has 0 N–H and O–H groups in total. The van der Waals surface area contributed by atoms with Crippen molar-refractivity contribution in [1.82, 2.24) is 0 Å². The molecule has 0 aromatic heterocycles.